The number of rotatable bonds is 3. The smallest absolute Gasteiger partial charge is 0.166 e. The molecule has 3 rings (SSSR count). The van der Waals surface area contributed by atoms with Crippen molar-refractivity contribution in [2.24, 2.45) is 0 Å². The molecule has 2 aromatic rings. The molecule has 0 atom stereocenters. The summed E-state index contributed by atoms with van der Waals surface area (Å²) in [6.45, 7) is 0.736. The molecule has 0 amide bonds. The van der Waals surface area contributed by atoms with Crippen LogP contribution in [0.3, 0.4) is 0 Å². The van der Waals surface area contributed by atoms with Crippen molar-refractivity contribution in [3.63, 3.8) is 0 Å². The van der Waals surface area contributed by atoms with Crippen LogP contribution in [0.5, 0.6) is 5.75 Å². The molecule has 0 radical (unpaired) electrons. The summed E-state index contributed by atoms with van der Waals surface area (Å²) in [6.07, 6.45) is 5.76. The van der Waals surface area contributed by atoms with Gasteiger partial charge in [-0.3, -0.25) is 0 Å². The molecule has 0 aliphatic carbocycles. The van der Waals surface area contributed by atoms with Crippen LogP contribution in [0.15, 0.2) is 28.9 Å². The molecule has 0 saturated carbocycles. The number of benzene rings is 1. The van der Waals surface area contributed by atoms with Gasteiger partial charge in [-0.05, 0) is 18.2 Å². The molecule has 0 bridgehead atoms. The Morgan fingerprint density at radius 3 is 2.95 bits per heavy atom. The Labute approximate surface area is 117 Å². The van der Waals surface area contributed by atoms with E-state index in [1.165, 1.54) is 0 Å². The molecule has 1 aromatic carbocycles. The first-order chi connectivity index (χ1) is 9.69. The standard InChI is InChI=1S/C15H17N3O2/c1-17(2)12-4-5-13(15(8-12)19-3)18-7-6-14-11(10-18)9-16-20-14/h4-6,8-10H,7H2,1-3H3. The zero-order valence-electron chi connectivity index (χ0n) is 11.8. The minimum atomic E-state index is 0.736. The van der Waals surface area contributed by atoms with Crippen LogP contribution in [0.4, 0.5) is 11.4 Å². The lowest BCUT2D eigenvalue weighted by atomic mass is 10.2. The predicted octanol–water partition coefficient (Wildman–Crippen LogP) is 0.788. The fraction of sp³-hybridized carbons (Fsp3) is 0.267. The number of anilines is 2. The van der Waals surface area contributed by atoms with Gasteiger partial charge < -0.3 is 19.1 Å². The second-order valence-corrected chi connectivity index (χ2v) is 4.88. The summed E-state index contributed by atoms with van der Waals surface area (Å²) in [7, 11) is 5.72. The molecule has 0 fully saturated rings. The van der Waals surface area contributed by atoms with Gasteiger partial charge in [0.15, 0.2) is 5.42 Å². The SMILES string of the molecule is COc1cc(N(C)C)ccc1N1C=c2cnoc2=CC1. The molecule has 1 aliphatic rings. The molecule has 5 heteroatoms. The van der Waals surface area contributed by atoms with Crippen LogP contribution in [0.2, 0.25) is 0 Å². The van der Waals surface area contributed by atoms with Crippen molar-refractivity contribution in [1.82, 2.24) is 5.16 Å². The topological polar surface area (TPSA) is 41.7 Å². The molecule has 0 spiro atoms. The third-order valence-electron chi connectivity index (χ3n) is 3.38. The summed E-state index contributed by atoms with van der Waals surface area (Å²) in [5.74, 6) is 0.848. The first kappa shape index (κ1) is 12.6. The van der Waals surface area contributed by atoms with E-state index >= 15 is 0 Å². The molecule has 0 unspecified atom stereocenters. The predicted molar refractivity (Wildman–Crippen MR) is 79.4 cm³/mol. The molecule has 1 aromatic heterocycles. The van der Waals surface area contributed by atoms with Crippen LogP contribution in [-0.2, 0) is 0 Å². The van der Waals surface area contributed by atoms with Gasteiger partial charge in [0.05, 0.1) is 24.2 Å². The third kappa shape index (κ3) is 2.11. The fourth-order valence-electron chi connectivity index (χ4n) is 2.26. The average molecular weight is 271 g/mol. The van der Waals surface area contributed by atoms with E-state index < -0.39 is 0 Å². The lowest BCUT2D eigenvalue weighted by molar-refractivity contribution is 0.393. The zero-order valence-corrected chi connectivity index (χ0v) is 11.8. The number of nitrogens with zero attached hydrogens (tertiary/aromatic N) is 3. The Kier molecular flexibility index (Phi) is 3.10. The van der Waals surface area contributed by atoms with E-state index in [4.69, 9.17) is 9.26 Å². The molecule has 2 heterocycles. The lowest BCUT2D eigenvalue weighted by Crippen LogP contribution is -2.33. The maximum Gasteiger partial charge on any atom is 0.166 e. The maximum atomic E-state index is 5.52. The van der Waals surface area contributed by atoms with Gasteiger partial charge in [0.25, 0.3) is 0 Å². The summed E-state index contributed by atoms with van der Waals surface area (Å²) < 4.78 is 10.7. The van der Waals surface area contributed by atoms with Gasteiger partial charge in [-0.25, -0.2) is 0 Å². The molecular formula is C15H17N3O2. The van der Waals surface area contributed by atoms with Crippen molar-refractivity contribution >= 4 is 23.7 Å². The van der Waals surface area contributed by atoms with Crippen molar-refractivity contribution in [3.8, 4) is 5.75 Å². The first-order valence-corrected chi connectivity index (χ1v) is 6.44. The van der Waals surface area contributed by atoms with Crippen molar-refractivity contribution in [1.29, 1.82) is 0 Å². The Morgan fingerprint density at radius 2 is 2.20 bits per heavy atom. The van der Waals surface area contributed by atoms with Crippen molar-refractivity contribution in [2.45, 2.75) is 0 Å². The number of aromatic nitrogens is 1. The van der Waals surface area contributed by atoms with E-state index in [9.17, 15) is 0 Å². The monoisotopic (exact) mass is 271 g/mol. The normalized spacial score (nSPS) is 13.2. The van der Waals surface area contributed by atoms with Gasteiger partial charge in [-0.2, -0.15) is 0 Å². The summed E-state index contributed by atoms with van der Waals surface area (Å²) in [6, 6.07) is 6.18. The second kappa shape index (κ2) is 4.92. The van der Waals surface area contributed by atoms with E-state index in [0.717, 1.165) is 34.3 Å². The molecule has 0 N–H and O–H groups in total. The summed E-state index contributed by atoms with van der Waals surface area (Å²) in [5.41, 5.74) is 2.96. The maximum absolute atomic E-state index is 5.52. The van der Waals surface area contributed by atoms with Crippen molar-refractivity contribution < 1.29 is 9.26 Å². The van der Waals surface area contributed by atoms with Crippen molar-refractivity contribution in [2.75, 3.05) is 37.5 Å². The Bertz CT molecular complexity index is 734. The highest BCUT2D eigenvalue weighted by molar-refractivity contribution is 5.72. The van der Waals surface area contributed by atoms with Crippen LogP contribution in [-0.4, -0.2) is 32.9 Å². The number of methoxy groups -OCH3 is 1. The third-order valence-corrected chi connectivity index (χ3v) is 3.38. The Balaban J connectivity index is 2.03. The number of fused-ring (bicyclic) bond motifs is 1. The van der Waals surface area contributed by atoms with Gasteiger partial charge in [0, 0.05) is 38.6 Å². The van der Waals surface area contributed by atoms with Crippen LogP contribution in [0.25, 0.3) is 12.3 Å². The van der Waals surface area contributed by atoms with Crippen LogP contribution in [0, 0.1) is 0 Å². The molecular weight excluding hydrogens is 254 g/mol. The van der Waals surface area contributed by atoms with Crippen molar-refractivity contribution in [3.05, 3.63) is 35.0 Å². The summed E-state index contributed by atoms with van der Waals surface area (Å²) in [5, 5.41) is 4.79. The lowest BCUT2D eigenvalue weighted by Gasteiger charge is -2.24. The van der Waals surface area contributed by atoms with Crippen LogP contribution in [0.1, 0.15) is 0 Å². The van der Waals surface area contributed by atoms with Crippen LogP contribution < -0.4 is 25.2 Å². The Morgan fingerprint density at radius 1 is 1.35 bits per heavy atom. The highest BCUT2D eigenvalue weighted by atomic mass is 16.5. The van der Waals surface area contributed by atoms with E-state index in [0.29, 0.717) is 0 Å². The van der Waals surface area contributed by atoms with Crippen LogP contribution >= 0.6 is 0 Å². The van der Waals surface area contributed by atoms with Gasteiger partial charge in [-0.1, -0.05) is 5.16 Å². The molecule has 5 nitrogen and oxygen atoms in total. The van der Waals surface area contributed by atoms with E-state index in [2.05, 4.69) is 27.1 Å². The van der Waals surface area contributed by atoms with E-state index in [1.54, 1.807) is 13.3 Å². The van der Waals surface area contributed by atoms with Gasteiger partial charge >= 0.3 is 0 Å². The van der Waals surface area contributed by atoms with E-state index in [-0.39, 0.29) is 0 Å². The summed E-state index contributed by atoms with van der Waals surface area (Å²) >= 11 is 0. The quantitative estimate of drug-likeness (QED) is 0.825. The second-order valence-electron chi connectivity index (χ2n) is 4.88. The first-order valence-electron chi connectivity index (χ1n) is 6.44. The van der Waals surface area contributed by atoms with Gasteiger partial charge in [-0.15, -0.1) is 0 Å². The molecule has 20 heavy (non-hydrogen) atoms. The van der Waals surface area contributed by atoms with Gasteiger partial charge in [0.2, 0.25) is 0 Å². The largest absolute Gasteiger partial charge is 0.494 e. The fourth-order valence-corrected chi connectivity index (χ4v) is 2.26. The minimum Gasteiger partial charge on any atom is -0.494 e. The minimum absolute atomic E-state index is 0.736. The number of ether oxygens (including phenoxy) is 1. The number of hydrogen-bond acceptors (Lipinski definition) is 5. The molecule has 104 valence electrons. The highest BCUT2D eigenvalue weighted by Gasteiger charge is 2.13. The molecule has 1 aliphatic heterocycles. The zero-order chi connectivity index (χ0) is 14.1. The highest BCUT2D eigenvalue weighted by Crippen LogP contribution is 2.32. The Hall–Kier alpha value is -2.43. The van der Waals surface area contributed by atoms with E-state index in [1.807, 2.05) is 32.4 Å². The average Bonchev–Trinajstić information content (AvgIpc) is 2.93. The number of hydrogen-bond donors (Lipinski definition) is 0. The van der Waals surface area contributed by atoms with Gasteiger partial charge in [0.1, 0.15) is 5.75 Å². The molecule has 0 saturated heterocycles. The summed E-state index contributed by atoms with van der Waals surface area (Å²) in [4.78, 5) is 4.17.